The van der Waals surface area contributed by atoms with Gasteiger partial charge in [-0.25, -0.2) is 0 Å². The Morgan fingerprint density at radius 2 is 1.95 bits per heavy atom. The third-order valence-electron chi connectivity index (χ3n) is 4.18. The predicted octanol–water partition coefficient (Wildman–Crippen LogP) is 2.49. The average molecular weight is 293 g/mol. The second kappa shape index (κ2) is 5.93. The van der Waals surface area contributed by atoms with Crippen molar-refractivity contribution in [1.29, 1.82) is 0 Å². The molecule has 1 aliphatic heterocycles. The summed E-state index contributed by atoms with van der Waals surface area (Å²) in [5.41, 5.74) is 0.529. The lowest BCUT2D eigenvalue weighted by Crippen LogP contribution is -2.55. The Kier molecular flexibility index (Phi) is 4.42. The number of anilines is 1. The molecule has 0 fully saturated rings. The van der Waals surface area contributed by atoms with E-state index >= 15 is 0 Å². The van der Waals surface area contributed by atoms with Gasteiger partial charge in [0.25, 0.3) is 5.91 Å². The lowest BCUT2D eigenvalue weighted by Gasteiger charge is -2.42. The van der Waals surface area contributed by atoms with Crippen molar-refractivity contribution < 1.29 is 19.4 Å². The number of carbonyl (C=O) groups is 1. The first kappa shape index (κ1) is 15.6. The molecule has 0 atom stereocenters. The molecule has 0 saturated heterocycles. The molecule has 0 radical (unpaired) electrons. The normalized spacial score (nSPS) is 16.4. The number of benzene rings is 1. The first-order valence-electron chi connectivity index (χ1n) is 7.39. The number of likely N-dealkylation sites (N-methyl/N-ethyl adjacent to an activating group) is 1. The summed E-state index contributed by atoms with van der Waals surface area (Å²) >= 11 is 0. The number of fused-ring (bicyclic) bond motifs is 1. The van der Waals surface area contributed by atoms with Crippen LogP contribution in [0.5, 0.6) is 11.5 Å². The number of aliphatic hydroxyl groups excluding tert-OH is 1. The highest BCUT2D eigenvalue weighted by atomic mass is 16.5. The van der Waals surface area contributed by atoms with Crippen LogP contribution in [0.15, 0.2) is 12.1 Å². The number of ether oxygens (including phenoxy) is 2. The van der Waals surface area contributed by atoms with Gasteiger partial charge in [0.15, 0.2) is 17.1 Å². The number of nitrogens with zero attached hydrogens (tertiary/aromatic N) is 1. The van der Waals surface area contributed by atoms with Crippen LogP contribution in [-0.4, -0.2) is 30.3 Å². The Morgan fingerprint density at radius 1 is 1.29 bits per heavy atom. The van der Waals surface area contributed by atoms with Crippen LogP contribution in [0.1, 0.15) is 39.2 Å². The zero-order valence-corrected chi connectivity index (χ0v) is 13.1. The van der Waals surface area contributed by atoms with Crippen molar-refractivity contribution in [3.63, 3.8) is 0 Å². The van der Waals surface area contributed by atoms with E-state index in [0.29, 0.717) is 42.1 Å². The maximum absolute atomic E-state index is 12.8. The SMILES string of the molecule is CCN1C(=O)C(CC)(CC)Oc2c(OC)cc(CO)cc21. The molecule has 2 rings (SSSR count). The Hall–Kier alpha value is -1.75. The third kappa shape index (κ3) is 2.35. The summed E-state index contributed by atoms with van der Waals surface area (Å²) in [7, 11) is 1.56. The second-order valence-electron chi connectivity index (χ2n) is 5.16. The number of carbonyl (C=O) groups excluding carboxylic acids is 1. The van der Waals surface area contributed by atoms with Gasteiger partial charge in [0.2, 0.25) is 0 Å². The van der Waals surface area contributed by atoms with Gasteiger partial charge in [0.05, 0.1) is 19.4 Å². The molecule has 5 nitrogen and oxygen atoms in total. The van der Waals surface area contributed by atoms with Crippen LogP contribution in [0.4, 0.5) is 5.69 Å². The van der Waals surface area contributed by atoms with Gasteiger partial charge in [0, 0.05) is 6.54 Å². The van der Waals surface area contributed by atoms with Crippen LogP contribution >= 0.6 is 0 Å². The van der Waals surface area contributed by atoms with Crippen molar-refractivity contribution in [2.24, 2.45) is 0 Å². The van der Waals surface area contributed by atoms with Gasteiger partial charge in [-0.3, -0.25) is 4.79 Å². The Morgan fingerprint density at radius 3 is 2.43 bits per heavy atom. The van der Waals surface area contributed by atoms with E-state index < -0.39 is 5.60 Å². The summed E-state index contributed by atoms with van der Waals surface area (Å²) in [6, 6.07) is 3.53. The zero-order chi connectivity index (χ0) is 15.6. The molecule has 116 valence electrons. The second-order valence-corrected chi connectivity index (χ2v) is 5.16. The molecule has 1 aliphatic rings. The first-order valence-corrected chi connectivity index (χ1v) is 7.39. The summed E-state index contributed by atoms with van der Waals surface area (Å²) in [5, 5.41) is 9.38. The van der Waals surface area contributed by atoms with Crippen molar-refractivity contribution in [2.75, 3.05) is 18.6 Å². The van der Waals surface area contributed by atoms with Gasteiger partial charge < -0.3 is 19.5 Å². The molecule has 0 bridgehead atoms. The molecule has 0 aromatic heterocycles. The molecule has 1 amide bonds. The third-order valence-corrected chi connectivity index (χ3v) is 4.18. The lowest BCUT2D eigenvalue weighted by atomic mass is 9.92. The molecule has 0 spiro atoms. The van der Waals surface area contributed by atoms with Gasteiger partial charge in [-0.2, -0.15) is 0 Å². The van der Waals surface area contributed by atoms with Gasteiger partial charge in [-0.1, -0.05) is 13.8 Å². The quantitative estimate of drug-likeness (QED) is 0.906. The monoisotopic (exact) mass is 293 g/mol. The highest BCUT2D eigenvalue weighted by Gasteiger charge is 2.46. The van der Waals surface area contributed by atoms with E-state index in [1.807, 2.05) is 20.8 Å². The number of hydrogen-bond donors (Lipinski definition) is 1. The fourth-order valence-electron chi connectivity index (χ4n) is 2.79. The van der Waals surface area contributed by atoms with E-state index in [1.54, 1.807) is 24.1 Å². The summed E-state index contributed by atoms with van der Waals surface area (Å²) in [6.07, 6.45) is 1.20. The number of aliphatic hydroxyl groups is 1. The van der Waals surface area contributed by atoms with Gasteiger partial charge in [-0.05, 0) is 37.5 Å². The van der Waals surface area contributed by atoms with E-state index in [0.717, 1.165) is 0 Å². The van der Waals surface area contributed by atoms with Crippen LogP contribution in [0.2, 0.25) is 0 Å². The van der Waals surface area contributed by atoms with Crippen molar-refractivity contribution >= 4 is 11.6 Å². The van der Waals surface area contributed by atoms with Gasteiger partial charge in [-0.15, -0.1) is 0 Å². The van der Waals surface area contributed by atoms with Crippen LogP contribution in [0, 0.1) is 0 Å². The average Bonchev–Trinajstić information content (AvgIpc) is 2.53. The minimum absolute atomic E-state index is 0.0281. The van der Waals surface area contributed by atoms with Crippen LogP contribution in [0.3, 0.4) is 0 Å². The summed E-state index contributed by atoms with van der Waals surface area (Å²) in [5.74, 6) is 1.10. The molecular weight excluding hydrogens is 270 g/mol. The van der Waals surface area contributed by atoms with E-state index in [1.165, 1.54) is 0 Å². The van der Waals surface area contributed by atoms with Crippen molar-refractivity contribution in [3.8, 4) is 11.5 Å². The minimum atomic E-state index is -0.836. The van der Waals surface area contributed by atoms with Crippen molar-refractivity contribution in [1.82, 2.24) is 0 Å². The molecule has 1 aromatic carbocycles. The molecule has 0 aliphatic carbocycles. The lowest BCUT2D eigenvalue weighted by molar-refractivity contribution is -0.136. The molecule has 1 N–H and O–H groups in total. The smallest absolute Gasteiger partial charge is 0.271 e. The molecule has 1 aromatic rings. The zero-order valence-electron chi connectivity index (χ0n) is 13.1. The largest absolute Gasteiger partial charge is 0.493 e. The maximum Gasteiger partial charge on any atom is 0.271 e. The predicted molar refractivity (Wildman–Crippen MR) is 80.9 cm³/mol. The highest BCUT2D eigenvalue weighted by Crippen LogP contribution is 2.46. The summed E-state index contributed by atoms with van der Waals surface area (Å²) < 4.78 is 11.5. The number of methoxy groups -OCH3 is 1. The molecule has 0 saturated carbocycles. The Balaban J connectivity index is 2.65. The maximum atomic E-state index is 12.8. The number of hydrogen-bond acceptors (Lipinski definition) is 4. The molecule has 21 heavy (non-hydrogen) atoms. The molecule has 1 heterocycles. The Labute approximate surface area is 125 Å². The van der Waals surface area contributed by atoms with Crippen LogP contribution < -0.4 is 14.4 Å². The van der Waals surface area contributed by atoms with Crippen molar-refractivity contribution in [2.45, 2.75) is 45.8 Å². The summed E-state index contributed by atoms with van der Waals surface area (Å²) in [6.45, 7) is 6.28. The molecule has 0 unspecified atom stereocenters. The minimum Gasteiger partial charge on any atom is -0.493 e. The standard InChI is InChI=1S/C16H23NO4/c1-5-16(6-2)15(19)17(7-3)12-8-11(10-18)9-13(20-4)14(12)21-16/h8-9,18H,5-7,10H2,1-4H3. The first-order chi connectivity index (χ1) is 10.1. The van der Waals surface area contributed by atoms with Gasteiger partial charge in [0.1, 0.15) is 0 Å². The van der Waals surface area contributed by atoms with E-state index in [4.69, 9.17) is 9.47 Å². The van der Waals surface area contributed by atoms with E-state index in [9.17, 15) is 9.90 Å². The summed E-state index contributed by atoms with van der Waals surface area (Å²) in [4.78, 5) is 14.5. The molecule has 5 heteroatoms. The fraction of sp³-hybridized carbons (Fsp3) is 0.562. The van der Waals surface area contributed by atoms with E-state index in [2.05, 4.69) is 0 Å². The van der Waals surface area contributed by atoms with Crippen molar-refractivity contribution in [3.05, 3.63) is 17.7 Å². The number of rotatable bonds is 5. The topological polar surface area (TPSA) is 59.0 Å². The van der Waals surface area contributed by atoms with Crippen LogP contribution in [0.25, 0.3) is 0 Å². The fourth-order valence-corrected chi connectivity index (χ4v) is 2.79. The highest BCUT2D eigenvalue weighted by molar-refractivity contribution is 6.03. The van der Waals surface area contributed by atoms with Crippen LogP contribution in [-0.2, 0) is 11.4 Å². The number of amides is 1. The molecular formula is C16H23NO4. The van der Waals surface area contributed by atoms with Gasteiger partial charge >= 0.3 is 0 Å². The Bertz CT molecular complexity index is 537. The van der Waals surface area contributed by atoms with E-state index in [-0.39, 0.29) is 12.5 Å².